The van der Waals surface area contributed by atoms with E-state index in [1.54, 1.807) is 35.6 Å². The summed E-state index contributed by atoms with van der Waals surface area (Å²) in [5, 5.41) is 5.78. The van der Waals surface area contributed by atoms with Crippen LogP contribution < -0.4 is 10.1 Å². The Kier molecular flexibility index (Phi) is 6.03. The van der Waals surface area contributed by atoms with Crippen molar-refractivity contribution in [1.82, 2.24) is 4.98 Å². The fourth-order valence-electron chi connectivity index (χ4n) is 2.50. The van der Waals surface area contributed by atoms with Crippen LogP contribution in [0.25, 0.3) is 11.3 Å². The zero-order chi connectivity index (χ0) is 19.4. The second-order valence-electron chi connectivity index (χ2n) is 5.87. The summed E-state index contributed by atoms with van der Waals surface area (Å²) in [7, 11) is 0. The molecule has 1 N–H and O–H groups in total. The molecule has 0 radical (unpaired) electrons. The summed E-state index contributed by atoms with van der Waals surface area (Å²) < 4.78 is 6.32. The lowest BCUT2D eigenvalue weighted by Gasteiger charge is -2.11. The summed E-state index contributed by atoms with van der Waals surface area (Å²) in [4.78, 5) is 28.4. The Hall–Kier alpha value is -2.51. The average Bonchev–Trinajstić information content (AvgIpc) is 3.07. The number of benzene rings is 2. The average molecular weight is 445 g/mol. The Balaban J connectivity index is 1.66. The number of aryl methyl sites for hydroxylation is 1. The van der Waals surface area contributed by atoms with Gasteiger partial charge in [-0.25, -0.2) is 4.98 Å². The Morgan fingerprint density at radius 2 is 2.04 bits per heavy atom. The van der Waals surface area contributed by atoms with Crippen LogP contribution in [-0.4, -0.2) is 23.3 Å². The van der Waals surface area contributed by atoms with Crippen LogP contribution in [0.2, 0.25) is 0 Å². The maximum Gasteiger partial charge on any atom is 0.262 e. The molecule has 5 nitrogen and oxygen atoms in total. The zero-order valence-corrected chi connectivity index (χ0v) is 17.2. The normalized spacial score (nSPS) is 10.5. The molecule has 7 heteroatoms. The number of hydrogen-bond acceptors (Lipinski definition) is 5. The molecular weight excluding hydrogens is 428 g/mol. The minimum atomic E-state index is -0.306. The maximum atomic E-state index is 12.2. The van der Waals surface area contributed by atoms with Crippen molar-refractivity contribution in [3.8, 4) is 17.0 Å². The molecule has 0 unspecified atom stereocenters. The molecule has 0 aliphatic heterocycles. The molecule has 3 rings (SSSR count). The first-order valence-electron chi connectivity index (χ1n) is 8.18. The minimum absolute atomic E-state index is 0.127. The van der Waals surface area contributed by atoms with Gasteiger partial charge in [-0.2, -0.15) is 0 Å². The summed E-state index contributed by atoms with van der Waals surface area (Å²) in [6.45, 7) is 3.22. The molecule has 27 heavy (non-hydrogen) atoms. The minimum Gasteiger partial charge on any atom is -0.483 e. The number of Topliss-reactive ketones (excluding diaryl/α,β-unsaturated/α-hetero) is 1. The van der Waals surface area contributed by atoms with Crippen molar-refractivity contribution in [2.24, 2.45) is 0 Å². The van der Waals surface area contributed by atoms with Gasteiger partial charge in [0.25, 0.3) is 5.91 Å². The first-order chi connectivity index (χ1) is 12.9. The van der Waals surface area contributed by atoms with E-state index in [0.717, 1.165) is 20.7 Å². The molecule has 1 amide bonds. The van der Waals surface area contributed by atoms with E-state index in [9.17, 15) is 9.59 Å². The van der Waals surface area contributed by atoms with Gasteiger partial charge in [0, 0.05) is 21.1 Å². The van der Waals surface area contributed by atoms with Gasteiger partial charge < -0.3 is 10.1 Å². The van der Waals surface area contributed by atoms with E-state index >= 15 is 0 Å². The third-order valence-corrected chi connectivity index (χ3v) is 5.01. The van der Waals surface area contributed by atoms with Crippen molar-refractivity contribution in [2.75, 3.05) is 11.9 Å². The molecule has 1 heterocycles. The second kappa shape index (κ2) is 8.45. The summed E-state index contributed by atoms with van der Waals surface area (Å²) >= 11 is 4.90. The van der Waals surface area contributed by atoms with Gasteiger partial charge in [0.2, 0.25) is 0 Å². The maximum absolute atomic E-state index is 12.2. The number of carbonyl (C=O) groups excluding carboxylic acids is 2. The van der Waals surface area contributed by atoms with E-state index in [1.807, 2.05) is 30.5 Å². The molecule has 3 aromatic rings. The number of hydrogen-bond donors (Lipinski definition) is 1. The number of anilines is 1. The number of rotatable bonds is 6. The monoisotopic (exact) mass is 444 g/mol. The predicted molar refractivity (Wildman–Crippen MR) is 111 cm³/mol. The van der Waals surface area contributed by atoms with Gasteiger partial charge in [-0.15, -0.1) is 11.3 Å². The van der Waals surface area contributed by atoms with Crippen LogP contribution in [0.15, 0.2) is 52.3 Å². The van der Waals surface area contributed by atoms with Crippen LogP contribution in [0.4, 0.5) is 5.69 Å². The van der Waals surface area contributed by atoms with E-state index < -0.39 is 0 Å². The largest absolute Gasteiger partial charge is 0.483 e. The number of amides is 1. The molecule has 0 spiro atoms. The summed E-state index contributed by atoms with van der Waals surface area (Å²) in [6.07, 6.45) is 0. The molecule has 138 valence electrons. The number of carbonyl (C=O) groups is 2. The van der Waals surface area contributed by atoms with Crippen LogP contribution in [-0.2, 0) is 4.79 Å². The molecule has 0 saturated carbocycles. The van der Waals surface area contributed by atoms with Gasteiger partial charge in [-0.05, 0) is 44.2 Å². The summed E-state index contributed by atoms with van der Waals surface area (Å²) in [5.74, 6) is -0.0513. The van der Waals surface area contributed by atoms with Gasteiger partial charge in [-0.1, -0.05) is 28.1 Å². The molecule has 0 atom stereocenters. The van der Waals surface area contributed by atoms with Crippen molar-refractivity contribution >= 4 is 44.6 Å². The highest BCUT2D eigenvalue weighted by Crippen LogP contribution is 2.25. The fraction of sp³-hybridized carbons (Fsp3) is 0.150. The molecular formula is C20H17BrN2O3S. The topological polar surface area (TPSA) is 68.3 Å². The third kappa shape index (κ3) is 5.02. The van der Waals surface area contributed by atoms with Crippen LogP contribution in [0.5, 0.6) is 5.75 Å². The molecule has 0 bridgehead atoms. The number of ether oxygens (including phenoxy) is 1. The van der Waals surface area contributed by atoms with E-state index in [4.69, 9.17) is 4.74 Å². The lowest BCUT2D eigenvalue weighted by atomic mass is 10.1. The summed E-state index contributed by atoms with van der Waals surface area (Å²) in [5.41, 5.74) is 2.91. The molecule has 0 saturated heterocycles. The lowest BCUT2D eigenvalue weighted by Crippen LogP contribution is -2.20. The van der Waals surface area contributed by atoms with E-state index in [0.29, 0.717) is 17.0 Å². The number of nitrogens with zero attached hydrogens (tertiary/aromatic N) is 1. The second-order valence-corrected chi connectivity index (χ2v) is 7.84. The van der Waals surface area contributed by atoms with Crippen LogP contribution in [0, 0.1) is 6.92 Å². The standard InChI is InChI=1S/C20H17BrN2O3S/c1-12(24)17-9-15(21)6-7-19(17)26-10-20(25)23-16-5-3-4-14(8-16)18-11-27-13(2)22-18/h3-9,11H,10H2,1-2H3,(H,23,25). The zero-order valence-electron chi connectivity index (χ0n) is 14.8. The highest BCUT2D eigenvalue weighted by atomic mass is 79.9. The third-order valence-electron chi connectivity index (χ3n) is 3.74. The van der Waals surface area contributed by atoms with Crippen LogP contribution >= 0.6 is 27.3 Å². The number of halogens is 1. The lowest BCUT2D eigenvalue weighted by molar-refractivity contribution is -0.118. The molecule has 0 fully saturated rings. The van der Waals surface area contributed by atoms with Gasteiger partial charge in [0.05, 0.1) is 16.3 Å². The molecule has 2 aromatic carbocycles. The number of nitrogens with one attached hydrogen (secondary N) is 1. The van der Waals surface area contributed by atoms with Crippen molar-refractivity contribution < 1.29 is 14.3 Å². The Morgan fingerprint density at radius 1 is 1.22 bits per heavy atom. The van der Waals surface area contributed by atoms with E-state index in [2.05, 4.69) is 26.2 Å². The van der Waals surface area contributed by atoms with Gasteiger partial charge in [0.15, 0.2) is 12.4 Å². The van der Waals surface area contributed by atoms with E-state index in [-0.39, 0.29) is 18.3 Å². The predicted octanol–water partition coefficient (Wildman–Crippen LogP) is 5.10. The number of ketones is 1. The van der Waals surface area contributed by atoms with Crippen LogP contribution in [0.3, 0.4) is 0 Å². The van der Waals surface area contributed by atoms with E-state index in [1.165, 1.54) is 6.92 Å². The highest BCUT2D eigenvalue weighted by molar-refractivity contribution is 9.10. The first kappa shape index (κ1) is 19.3. The Labute approximate surface area is 169 Å². The highest BCUT2D eigenvalue weighted by Gasteiger charge is 2.12. The van der Waals surface area contributed by atoms with Crippen LogP contribution in [0.1, 0.15) is 22.3 Å². The van der Waals surface area contributed by atoms with Crippen molar-refractivity contribution in [3.05, 3.63) is 62.9 Å². The number of aromatic nitrogens is 1. The SMILES string of the molecule is CC(=O)c1cc(Br)ccc1OCC(=O)Nc1cccc(-c2csc(C)n2)c1. The van der Waals surface area contributed by atoms with Crippen molar-refractivity contribution in [2.45, 2.75) is 13.8 Å². The van der Waals surface area contributed by atoms with Crippen molar-refractivity contribution in [3.63, 3.8) is 0 Å². The first-order valence-corrected chi connectivity index (χ1v) is 9.85. The van der Waals surface area contributed by atoms with Gasteiger partial charge in [0.1, 0.15) is 5.75 Å². The Bertz CT molecular complexity index is 1000. The number of thiazole rings is 1. The Morgan fingerprint density at radius 3 is 2.74 bits per heavy atom. The fourth-order valence-corrected chi connectivity index (χ4v) is 3.48. The van der Waals surface area contributed by atoms with Crippen molar-refractivity contribution in [1.29, 1.82) is 0 Å². The molecule has 0 aliphatic carbocycles. The van der Waals surface area contributed by atoms with Gasteiger partial charge in [-0.3, -0.25) is 9.59 Å². The summed E-state index contributed by atoms with van der Waals surface area (Å²) in [6, 6.07) is 12.6. The smallest absolute Gasteiger partial charge is 0.262 e. The molecule has 0 aliphatic rings. The molecule has 1 aromatic heterocycles. The quantitative estimate of drug-likeness (QED) is 0.536. The van der Waals surface area contributed by atoms with Gasteiger partial charge >= 0.3 is 0 Å².